The molecule has 3 aliphatic heterocycles. The van der Waals surface area contributed by atoms with Crippen LogP contribution in [0.3, 0.4) is 0 Å². The molecule has 6 aromatic rings. The number of imidazole rings is 2. The molecule has 4 aromatic heterocycles. The molecule has 2 N–H and O–H groups in total. The SMILES string of the molecule is C=C1c2cccc(-c3cnc(CNC(=O)c4ccc(-c5cc6cccc(-c7nc(CC)n8c7CN(C(C)=O)CC8)c6cn5)cn4)n3C)c2CN1C1CCC(=O)NC1=O. The van der Waals surface area contributed by atoms with Crippen LogP contribution in [0.2, 0.25) is 0 Å². The number of rotatable bonds is 8. The van der Waals surface area contributed by atoms with E-state index in [4.69, 9.17) is 9.97 Å². The van der Waals surface area contributed by atoms with E-state index in [0.717, 1.165) is 85.9 Å². The summed E-state index contributed by atoms with van der Waals surface area (Å²) in [6.45, 7) is 10.6. The summed E-state index contributed by atoms with van der Waals surface area (Å²) in [5.41, 5.74) is 9.25. The molecule has 7 heterocycles. The van der Waals surface area contributed by atoms with Gasteiger partial charge in [-0.1, -0.05) is 49.9 Å². The fraction of sp³-hybridized carbons (Fsp3) is 0.273. The van der Waals surface area contributed by atoms with Gasteiger partial charge in [-0.2, -0.15) is 0 Å². The quantitative estimate of drug-likeness (QED) is 0.203. The van der Waals surface area contributed by atoms with E-state index in [1.807, 2.05) is 70.1 Å². The number of imide groups is 1. The highest BCUT2D eigenvalue weighted by molar-refractivity contribution is 6.01. The first-order valence-electron chi connectivity index (χ1n) is 19.5. The minimum atomic E-state index is -0.460. The molecule has 14 nitrogen and oxygen atoms in total. The number of carbonyl (C=O) groups excluding carboxylic acids is 4. The smallest absolute Gasteiger partial charge is 0.270 e. The average molecular weight is 775 g/mol. The van der Waals surface area contributed by atoms with Crippen molar-refractivity contribution in [1.82, 2.24) is 49.5 Å². The summed E-state index contributed by atoms with van der Waals surface area (Å²) in [7, 11) is 1.91. The fourth-order valence-electron chi connectivity index (χ4n) is 8.49. The van der Waals surface area contributed by atoms with Crippen molar-refractivity contribution < 1.29 is 19.2 Å². The number of hydrogen-bond acceptors (Lipinski definition) is 9. The molecule has 292 valence electrons. The van der Waals surface area contributed by atoms with Crippen LogP contribution in [-0.2, 0) is 54.0 Å². The molecular formula is C44H42N10O4. The van der Waals surface area contributed by atoms with Crippen molar-refractivity contribution in [2.75, 3.05) is 6.54 Å². The second-order valence-corrected chi connectivity index (χ2v) is 15.0. The molecule has 14 heteroatoms. The molecule has 3 aliphatic rings. The van der Waals surface area contributed by atoms with Gasteiger partial charge in [-0.15, -0.1) is 0 Å². The number of aryl methyl sites for hydroxylation is 1. The molecule has 0 spiro atoms. The lowest BCUT2D eigenvalue weighted by Crippen LogP contribution is -2.50. The summed E-state index contributed by atoms with van der Waals surface area (Å²) in [6, 6.07) is 17.2. The van der Waals surface area contributed by atoms with E-state index in [-0.39, 0.29) is 35.9 Å². The summed E-state index contributed by atoms with van der Waals surface area (Å²) in [4.78, 5) is 72.8. The van der Waals surface area contributed by atoms with Crippen molar-refractivity contribution in [2.24, 2.45) is 7.05 Å². The van der Waals surface area contributed by atoms with Crippen LogP contribution in [-0.4, -0.2) is 75.1 Å². The summed E-state index contributed by atoms with van der Waals surface area (Å²) in [5.74, 6) is 0.853. The Hall–Kier alpha value is -6.96. The molecule has 1 saturated heterocycles. The van der Waals surface area contributed by atoms with Gasteiger partial charge in [-0.3, -0.25) is 34.5 Å². The monoisotopic (exact) mass is 774 g/mol. The van der Waals surface area contributed by atoms with Crippen molar-refractivity contribution >= 4 is 40.1 Å². The number of carbonyl (C=O) groups is 4. The van der Waals surface area contributed by atoms with E-state index < -0.39 is 6.04 Å². The maximum absolute atomic E-state index is 13.3. The molecule has 1 atom stereocenters. The third-order valence-electron chi connectivity index (χ3n) is 11.7. The van der Waals surface area contributed by atoms with E-state index in [1.54, 1.807) is 25.4 Å². The Morgan fingerprint density at radius 2 is 1.74 bits per heavy atom. The highest BCUT2D eigenvalue weighted by atomic mass is 16.2. The standard InChI is InChI=1S/C44H42N10O4/c1-5-39-49-42(38-24-52(26(3)55)16-17-53(38)39)31-11-6-8-27-18-35(46-20-32(27)31)28-12-13-34(45-19-28)43(57)48-22-40-47-21-37(51(40)4)30-10-7-9-29-25(2)54(23-33(29)30)36-14-15-41(56)50-44(36)58/h6-13,18-21,36H,2,5,14-17,22-24H2,1,3-4H3,(H,48,57)(H,50,56,58). The Morgan fingerprint density at radius 1 is 0.931 bits per heavy atom. The molecule has 0 bridgehead atoms. The number of pyridine rings is 2. The number of benzene rings is 2. The highest BCUT2D eigenvalue weighted by Gasteiger charge is 2.37. The number of aromatic nitrogens is 6. The van der Waals surface area contributed by atoms with Gasteiger partial charge in [0.05, 0.1) is 42.1 Å². The second kappa shape index (κ2) is 14.5. The summed E-state index contributed by atoms with van der Waals surface area (Å²) >= 11 is 0. The molecule has 0 radical (unpaired) electrons. The first-order valence-corrected chi connectivity index (χ1v) is 19.5. The Bertz CT molecular complexity index is 2690. The van der Waals surface area contributed by atoms with Crippen molar-refractivity contribution in [3.05, 3.63) is 114 Å². The summed E-state index contributed by atoms with van der Waals surface area (Å²) in [6.07, 6.45) is 6.84. The van der Waals surface area contributed by atoms with E-state index in [1.165, 1.54) is 0 Å². The number of nitrogens with zero attached hydrogens (tertiary/aromatic N) is 8. The van der Waals surface area contributed by atoms with E-state index in [2.05, 4.69) is 44.7 Å². The van der Waals surface area contributed by atoms with Crippen molar-refractivity contribution in [3.63, 3.8) is 0 Å². The maximum Gasteiger partial charge on any atom is 0.270 e. The molecule has 0 saturated carbocycles. The van der Waals surface area contributed by atoms with Gasteiger partial charge in [0, 0.05) is 92.2 Å². The lowest BCUT2D eigenvalue weighted by atomic mass is 10.0. The van der Waals surface area contributed by atoms with Crippen LogP contribution < -0.4 is 10.6 Å². The van der Waals surface area contributed by atoms with Gasteiger partial charge in [0.25, 0.3) is 5.91 Å². The largest absolute Gasteiger partial charge is 0.355 e. The van der Waals surface area contributed by atoms with Crippen LogP contribution in [0, 0.1) is 0 Å². The number of nitrogens with one attached hydrogen (secondary N) is 2. The van der Waals surface area contributed by atoms with E-state index in [9.17, 15) is 19.2 Å². The van der Waals surface area contributed by atoms with Gasteiger partial charge in [0.1, 0.15) is 23.4 Å². The first kappa shape index (κ1) is 36.7. The predicted molar refractivity (Wildman–Crippen MR) is 217 cm³/mol. The topological polar surface area (TPSA) is 160 Å². The van der Waals surface area contributed by atoms with Gasteiger partial charge >= 0.3 is 0 Å². The van der Waals surface area contributed by atoms with Crippen molar-refractivity contribution in [2.45, 2.75) is 65.3 Å². The molecule has 0 aliphatic carbocycles. The average Bonchev–Trinajstić information content (AvgIpc) is 3.91. The molecule has 9 rings (SSSR count). The molecule has 2 aromatic carbocycles. The number of fused-ring (bicyclic) bond motifs is 3. The number of amides is 4. The third-order valence-corrected chi connectivity index (χ3v) is 11.7. The zero-order valence-corrected chi connectivity index (χ0v) is 32.6. The number of piperidine rings is 1. The van der Waals surface area contributed by atoms with Crippen LogP contribution >= 0.6 is 0 Å². The van der Waals surface area contributed by atoms with Crippen LogP contribution in [0.25, 0.3) is 50.2 Å². The van der Waals surface area contributed by atoms with Gasteiger partial charge in [-0.05, 0) is 35.6 Å². The first-order chi connectivity index (χ1) is 28.1. The van der Waals surface area contributed by atoms with Crippen LogP contribution in [0.4, 0.5) is 0 Å². The van der Waals surface area contributed by atoms with Gasteiger partial charge < -0.3 is 24.3 Å². The Balaban J connectivity index is 0.890. The maximum atomic E-state index is 13.3. The van der Waals surface area contributed by atoms with Gasteiger partial charge in [0.2, 0.25) is 17.7 Å². The Morgan fingerprint density at radius 3 is 2.52 bits per heavy atom. The van der Waals surface area contributed by atoms with Crippen molar-refractivity contribution in [3.8, 4) is 33.8 Å². The molecule has 1 fully saturated rings. The van der Waals surface area contributed by atoms with Gasteiger partial charge in [-0.25, -0.2) is 9.97 Å². The normalized spacial score (nSPS) is 16.4. The van der Waals surface area contributed by atoms with Crippen LogP contribution in [0.15, 0.2) is 79.8 Å². The molecular weight excluding hydrogens is 733 g/mol. The number of hydrogen-bond donors (Lipinski definition) is 2. The minimum absolute atomic E-state index is 0.0577. The third kappa shape index (κ3) is 6.30. The molecule has 58 heavy (non-hydrogen) atoms. The van der Waals surface area contributed by atoms with E-state index >= 15 is 0 Å². The summed E-state index contributed by atoms with van der Waals surface area (Å²) in [5, 5.41) is 7.37. The van der Waals surface area contributed by atoms with Gasteiger partial charge in [0.15, 0.2) is 0 Å². The minimum Gasteiger partial charge on any atom is -0.355 e. The van der Waals surface area contributed by atoms with Crippen LogP contribution in [0.1, 0.15) is 65.6 Å². The lowest BCUT2D eigenvalue weighted by molar-refractivity contribution is -0.136. The van der Waals surface area contributed by atoms with E-state index in [0.29, 0.717) is 38.3 Å². The molecule has 1 unspecified atom stereocenters. The fourth-order valence-corrected chi connectivity index (χ4v) is 8.49. The van der Waals surface area contributed by atoms with Crippen molar-refractivity contribution in [1.29, 1.82) is 0 Å². The second-order valence-electron chi connectivity index (χ2n) is 15.0. The highest BCUT2D eigenvalue weighted by Crippen LogP contribution is 2.40. The Kier molecular flexibility index (Phi) is 9.18. The molecule has 4 amide bonds. The predicted octanol–water partition coefficient (Wildman–Crippen LogP) is 5.01. The summed E-state index contributed by atoms with van der Waals surface area (Å²) < 4.78 is 4.20. The zero-order valence-electron chi connectivity index (χ0n) is 32.6. The zero-order chi connectivity index (χ0) is 40.2. The van der Waals surface area contributed by atoms with Crippen LogP contribution in [0.5, 0.6) is 0 Å². The Labute approximate surface area is 334 Å². The lowest BCUT2D eigenvalue weighted by Gasteiger charge is -2.31.